The van der Waals surface area contributed by atoms with E-state index in [1.807, 2.05) is 24.3 Å². The second-order valence-corrected chi connectivity index (χ2v) is 4.36. The van der Waals surface area contributed by atoms with Crippen molar-refractivity contribution in [1.29, 1.82) is 0 Å². The van der Waals surface area contributed by atoms with E-state index < -0.39 is 0 Å². The summed E-state index contributed by atoms with van der Waals surface area (Å²) in [5.41, 5.74) is 8.10. The number of nitrogens with one attached hydrogen (secondary N) is 1. The number of rotatable bonds is 4. The fourth-order valence-electron chi connectivity index (χ4n) is 1.76. The van der Waals surface area contributed by atoms with Crippen LogP contribution in [0.5, 0.6) is 0 Å². The fourth-order valence-corrected chi connectivity index (χ4v) is 1.76. The third-order valence-electron chi connectivity index (χ3n) is 2.66. The molecular formula is C13H18N2O. The zero-order chi connectivity index (χ0) is 11.5. The molecule has 0 fully saturated rings. The molecule has 3 nitrogen and oxygen atoms in total. The topological polar surface area (TPSA) is 51.2 Å². The number of benzene rings is 1. The molecule has 0 aliphatic rings. The summed E-state index contributed by atoms with van der Waals surface area (Å²) in [7, 11) is 0. The second-order valence-electron chi connectivity index (χ2n) is 4.36. The molecule has 16 heavy (non-hydrogen) atoms. The molecule has 0 saturated heterocycles. The summed E-state index contributed by atoms with van der Waals surface area (Å²) in [6.07, 6.45) is 1.76. The number of furan rings is 1. The van der Waals surface area contributed by atoms with Crippen LogP contribution in [0.1, 0.15) is 25.5 Å². The summed E-state index contributed by atoms with van der Waals surface area (Å²) in [6.45, 7) is 4.99. The highest BCUT2D eigenvalue weighted by molar-refractivity contribution is 5.81. The van der Waals surface area contributed by atoms with Crippen LogP contribution in [0.3, 0.4) is 0 Å². The first-order valence-electron chi connectivity index (χ1n) is 5.63. The maximum Gasteiger partial charge on any atom is 0.134 e. The Morgan fingerprint density at radius 3 is 2.81 bits per heavy atom. The first-order chi connectivity index (χ1) is 7.68. The molecule has 3 heteroatoms. The smallest absolute Gasteiger partial charge is 0.134 e. The lowest BCUT2D eigenvalue weighted by Crippen LogP contribution is -2.31. The van der Waals surface area contributed by atoms with Gasteiger partial charge in [-0.2, -0.15) is 0 Å². The normalized spacial score (nSPS) is 13.5. The van der Waals surface area contributed by atoms with Crippen LogP contribution in [-0.4, -0.2) is 12.6 Å². The van der Waals surface area contributed by atoms with Gasteiger partial charge in [0, 0.05) is 29.6 Å². The van der Waals surface area contributed by atoms with Crippen molar-refractivity contribution >= 4 is 11.0 Å². The van der Waals surface area contributed by atoms with Gasteiger partial charge >= 0.3 is 0 Å². The van der Waals surface area contributed by atoms with Gasteiger partial charge in [-0.15, -0.1) is 0 Å². The van der Waals surface area contributed by atoms with Crippen LogP contribution in [-0.2, 0) is 0 Å². The molecule has 0 aliphatic carbocycles. The minimum Gasteiger partial charge on any atom is -0.464 e. The van der Waals surface area contributed by atoms with Crippen molar-refractivity contribution in [3.63, 3.8) is 0 Å². The molecule has 0 amide bonds. The minimum absolute atomic E-state index is 0.0222. The molecule has 86 valence electrons. The molecule has 0 radical (unpaired) electrons. The van der Waals surface area contributed by atoms with E-state index >= 15 is 0 Å². The summed E-state index contributed by atoms with van der Waals surface area (Å²) in [4.78, 5) is 0. The minimum atomic E-state index is -0.0222. The highest BCUT2D eigenvalue weighted by Gasteiger charge is 2.12. The van der Waals surface area contributed by atoms with E-state index in [1.165, 1.54) is 0 Å². The summed E-state index contributed by atoms with van der Waals surface area (Å²) in [6, 6.07) is 8.40. The van der Waals surface area contributed by atoms with Crippen molar-refractivity contribution in [1.82, 2.24) is 5.32 Å². The third kappa shape index (κ3) is 2.26. The lowest BCUT2D eigenvalue weighted by Gasteiger charge is -2.13. The highest BCUT2D eigenvalue weighted by Crippen LogP contribution is 2.24. The number of fused-ring (bicyclic) bond motifs is 1. The lowest BCUT2D eigenvalue weighted by atomic mass is 10.1. The van der Waals surface area contributed by atoms with Crippen LogP contribution < -0.4 is 11.1 Å². The van der Waals surface area contributed by atoms with Crippen LogP contribution >= 0.6 is 0 Å². The second kappa shape index (κ2) is 4.68. The average Bonchev–Trinajstić information content (AvgIpc) is 2.69. The highest BCUT2D eigenvalue weighted by atomic mass is 16.3. The third-order valence-corrected chi connectivity index (χ3v) is 2.66. The van der Waals surface area contributed by atoms with Gasteiger partial charge in [-0.3, -0.25) is 0 Å². The van der Waals surface area contributed by atoms with E-state index in [4.69, 9.17) is 10.2 Å². The number of hydrogen-bond acceptors (Lipinski definition) is 3. The Bertz CT molecular complexity index is 462. The van der Waals surface area contributed by atoms with Crippen molar-refractivity contribution in [2.75, 3.05) is 6.54 Å². The summed E-state index contributed by atoms with van der Waals surface area (Å²) in [5.74, 6) is 0. The van der Waals surface area contributed by atoms with Crippen molar-refractivity contribution in [3.8, 4) is 0 Å². The van der Waals surface area contributed by atoms with Gasteiger partial charge in [-0.05, 0) is 6.07 Å². The molecule has 0 saturated carbocycles. The number of para-hydroxylation sites is 1. The Balaban J connectivity index is 2.19. The maximum absolute atomic E-state index is 6.13. The molecule has 0 spiro atoms. The molecule has 0 bridgehead atoms. The standard InChI is InChI=1S/C13H18N2O/c1-9(2)15-7-12(14)11-8-16-13-6-4-3-5-10(11)13/h3-6,8-9,12,15H,7,14H2,1-2H3. The molecule has 1 unspecified atom stereocenters. The van der Waals surface area contributed by atoms with Crippen molar-refractivity contribution < 1.29 is 4.42 Å². The molecule has 1 aromatic carbocycles. The monoisotopic (exact) mass is 218 g/mol. The first kappa shape index (κ1) is 11.2. The Hall–Kier alpha value is -1.32. The van der Waals surface area contributed by atoms with Gasteiger partial charge in [-0.25, -0.2) is 0 Å². The zero-order valence-corrected chi connectivity index (χ0v) is 9.73. The zero-order valence-electron chi connectivity index (χ0n) is 9.73. The van der Waals surface area contributed by atoms with E-state index in [0.717, 1.165) is 23.1 Å². The summed E-state index contributed by atoms with van der Waals surface area (Å²) < 4.78 is 5.47. The van der Waals surface area contributed by atoms with E-state index in [-0.39, 0.29) is 6.04 Å². The van der Waals surface area contributed by atoms with Crippen LogP contribution in [0.4, 0.5) is 0 Å². The summed E-state index contributed by atoms with van der Waals surface area (Å²) >= 11 is 0. The number of nitrogens with two attached hydrogens (primary N) is 1. The predicted octanol–water partition coefficient (Wildman–Crippen LogP) is 2.43. The first-order valence-corrected chi connectivity index (χ1v) is 5.63. The van der Waals surface area contributed by atoms with Crippen LogP contribution in [0.2, 0.25) is 0 Å². The maximum atomic E-state index is 6.13. The fraction of sp³-hybridized carbons (Fsp3) is 0.385. The molecule has 2 aromatic rings. The Kier molecular flexibility index (Phi) is 3.27. The number of hydrogen-bond donors (Lipinski definition) is 2. The van der Waals surface area contributed by atoms with Crippen LogP contribution in [0.15, 0.2) is 34.9 Å². The molecule has 2 rings (SSSR count). The SMILES string of the molecule is CC(C)NCC(N)c1coc2ccccc12. The lowest BCUT2D eigenvalue weighted by molar-refractivity contribution is 0.531. The largest absolute Gasteiger partial charge is 0.464 e. The van der Waals surface area contributed by atoms with Gasteiger partial charge in [0.05, 0.1) is 6.26 Å². The molecule has 1 heterocycles. The Labute approximate surface area is 95.6 Å². The van der Waals surface area contributed by atoms with Crippen molar-refractivity contribution in [2.45, 2.75) is 25.9 Å². The van der Waals surface area contributed by atoms with Gasteiger partial charge in [0.1, 0.15) is 5.58 Å². The van der Waals surface area contributed by atoms with Gasteiger partial charge in [-0.1, -0.05) is 32.0 Å². The van der Waals surface area contributed by atoms with Crippen LogP contribution in [0.25, 0.3) is 11.0 Å². The van der Waals surface area contributed by atoms with E-state index in [0.29, 0.717) is 6.04 Å². The Morgan fingerprint density at radius 1 is 1.31 bits per heavy atom. The van der Waals surface area contributed by atoms with E-state index in [9.17, 15) is 0 Å². The predicted molar refractivity (Wildman–Crippen MR) is 66.3 cm³/mol. The summed E-state index contributed by atoms with van der Waals surface area (Å²) in [5, 5.41) is 4.44. The van der Waals surface area contributed by atoms with Gasteiger partial charge < -0.3 is 15.5 Å². The van der Waals surface area contributed by atoms with Gasteiger partial charge in [0.15, 0.2) is 0 Å². The van der Waals surface area contributed by atoms with Crippen LogP contribution in [0, 0.1) is 0 Å². The molecule has 1 aromatic heterocycles. The molecule has 0 aliphatic heterocycles. The van der Waals surface area contributed by atoms with E-state index in [1.54, 1.807) is 6.26 Å². The van der Waals surface area contributed by atoms with E-state index in [2.05, 4.69) is 19.2 Å². The Morgan fingerprint density at radius 2 is 2.06 bits per heavy atom. The molecule has 1 atom stereocenters. The quantitative estimate of drug-likeness (QED) is 0.828. The average molecular weight is 218 g/mol. The van der Waals surface area contributed by atoms with Crippen molar-refractivity contribution in [2.24, 2.45) is 5.73 Å². The molecular weight excluding hydrogens is 200 g/mol. The van der Waals surface area contributed by atoms with Gasteiger partial charge in [0.25, 0.3) is 0 Å². The van der Waals surface area contributed by atoms with Gasteiger partial charge in [0.2, 0.25) is 0 Å². The van der Waals surface area contributed by atoms with Crippen molar-refractivity contribution in [3.05, 3.63) is 36.1 Å². The molecule has 3 N–H and O–H groups in total.